The van der Waals surface area contributed by atoms with E-state index in [0.717, 1.165) is 36.4 Å². The van der Waals surface area contributed by atoms with Gasteiger partial charge in [0.15, 0.2) is 11.5 Å². The van der Waals surface area contributed by atoms with E-state index in [1.807, 2.05) is 18.2 Å². The lowest BCUT2D eigenvalue weighted by Gasteiger charge is -2.28. The summed E-state index contributed by atoms with van der Waals surface area (Å²) in [4.78, 5) is 0. The number of nitrogens with one attached hydrogen (secondary N) is 1. The van der Waals surface area contributed by atoms with Crippen LogP contribution in [0.15, 0.2) is 18.2 Å². The summed E-state index contributed by atoms with van der Waals surface area (Å²) < 4.78 is 10.5. The third kappa shape index (κ3) is 2.70. The van der Waals surface area contributed by atoms with Crippen LogP contribution in [0.3, 0.4) is 0 Å². The minimum atomic E-state index is -0.214. The third-order valence-corrected chi connectivity index (χ3v) is 3.19. The van der Waals surface area contributed by atoms with E-state index in [4.69, 9.17) is 9.47 Å². The van der Waals surface area contributed by atoms with Crippen LogP contribution in [-0.4, -0.2) is 32.0 Å². The van der Waals surface area contributed by atoms with Gasteiger partial charge in [-0.2, -0.15) is 0 Å². The number of hydrogen-bond acceptors (Lipinski definition) is 4. The zero-order valence-electron chi connectivity index (χ0n) is 10.3. The van der Waals surface area contributed by atoms with Gasteiger partial charge in [0.2, 0.25) is 0 Å². The van der Waals surface area contributed by atoms with Gasteiger partial charge in [0.05, 0.1) is 20.3 Å². The molecule has 1 heterocycles. The quantitative estimate of drug-likeness (QED) is 0.836. The van der Waals surface area contributed by atoms with Gasteiger partial charge in [-0.3, -0.25) is 0 Å². The van der Waals surface area contributed by atoms with E-state index in [9.17, 15) is 5.11 Å². The molecule has 4 heteroatoms. The predicted octanol–water partition coefficient (Wildman–Crippen LogP) is 1.49. The molecule has 0 aromatic heterocycles. The highest BCUT2D eigenvalue weighted by molar-refractivity contribution is 5.43. The number of ether oxygens (including phenoxy) is 2. The summed E-state index contributed by atoms with van der Waals surface area (Å²) in [5.74, 6) is 1.46. The maximum Gasteiger partial charge on any atom is 0.161 e. The summed E-state index contributed by atoms with van der Waals surface area (Å²) in [7, 11) is 3.25. The van der Waals surface area contributed by atoms with Crippen molar-refractivity contribution in [1.29, 1.82) is 0 Å². The van der Waals surface area contributed by atoms with Crippen molar-refractivity contribution in [3.63, 3.8) is 0 Å². The second-order valence-corrected chi connectivity index (χ2v) is 4.30. The second-order valence-electron chi connectivity index (χ2n) is 4.30. The van der Waals surface area contributed by atoms with Crippen LogP contribution in [-0.2, 0) is 0 Å². The molecule has 0 radical (unpaired) electrons. The van der Waals surface area contributed by atoms with Crippen LogP contribution in [0.4, 0.5) is 0 Å². The third-order valence-electron chi connectivity index (χ3n) is 3.19. The van der Waals surface area contributed by atoms with Crippen molar-refractivity contribution in [3.8, 4) is 11.5 Å². The molecule has 1 aliphatic rings. The Hall–Kier alpha value is -1.26. The molecule has 1 aromatic carbocycles. The molecule has 17 heavy (non-hydrogen) atoms. The number of rotatable bonds is 3. The standard InChI is InChI=1S/C13H19NO3/c1-16-12-4-3-9(7-13(12)17-2)11-8-10(15)5-6-14-11/h3-4,7,10-11,14-15H,5-6,8H2,1-2H3/t10-,11-/m0/s1. The van der Waals surface area contributed by atoms with E-state index in [0.29, 0.717) is 0 Å². The van der Waals surface area contributed by atoms with Crippen molar-refractivity contribution in [2.24, 2.45) is 0 Å². The Morgan fingerprint density at radius 1 is 1.24 bits per heavy atom. The van der Waals surface area contributed by atoms with Crippen molar-refractivity contribution in [1.82, 2.24) is 5.32 Å². The molecule has 0 bridgehead atoms. The molecule has 1 aromatic rings. The van der Waals surface area contributed by atoms with Gasteiger partial charge in [-0.05, 0) is 37.1 Å². The Bertz CT molecular complexity index is 381. The van der Waals surface area contributed by atoms with Crippen molar-refractivity contribution in [2.45, 2.75) is 25.0 Å². The normalized spacial score (nSPS) is 24.4. The van der Waals surface area contributed by atoms with Crippen molar-refractivity contribution in [2.75, 3.05) is 20.8 Å². The first kappa shape index (κ1) is 12.2. The predicted molar refractivity (Wildman–Crippen MR) is 65.5 cm³/mol. The number of hydrogen-bond donors (Lipinski definition) is 2. The Morgan fingerprint density at radius 3 is 2.65 bits per heavy atom. The minimum Gasteiger partial charge on any atom is -0.493 e. The molecule has 0 unspecified atom stereocenters. The van der Waals surface area contributed by atoms with Crippen LogP contribution in [0.5, 0.6) is 11.5 Å². The fourth-order valence-corrected chi connectivity index (χ4v) is 2.22. The molecule has 94 valence electrons. The Morgan fingerprint density at radius 2 is 2.00 bits per heavy atom. The molecule has 2 atom stereocenters. The number of piperidine rings is 1. The molecule has 0 saturated carbocycles. The van der Waals surface area contributed by atoms with Gasteiger partial charge >= 0.3 is 0 Å². The summed E-state index contributed by atoms with van der Waals surface area (Å²) in [6, 6.07) is 6.07. The van der Waals surface area contributed by atoms with Crippen LogP contribution >= 0.6 is 0 Å². The molecule has 1 fully saturated rings. The monoisotopic (exact) mass is 237 g/mol. The Balaban J connectivity index is 2.20. The first-order valence-corrected chi connectivity index (χ1v) is 5.88. The van der Waals surface area contributed by atoms with E-state index in [-0.39, 0.29) is 12.1 Å². The first-order valence-electron chi connectivity index (χ1n) is 5.88. The lowest BCUT2D eigenvalue weighted by Crippen LogP contribution is -2.34. The summed E-state index contributed by atoms with van der Waals surface area (Å²) in [6.07, 6.45) is 1.36. The molecule has 2 rings (SSSR count). The maximum absolute atomic E-state index is 9.67. The van der Waals surface area contributed by atoms with E-state index < -0.39 is 0 Å². The highest BCUT2D eigenvalue weighted by Crippen LogP contribution is 2.32. The number of aliphatic hydroxyl groups is 1. The van der Waals surface area contributed by atoms with Crippen molar-refractivity contribution in [3.05, 3.63) is 23.8 Å². The number of methoxy groups -OCH3 is 2. The largest absolute Gasteiger partial charge is 0.493 e. The Kier molecular flexibility index (Phi) is 3.86. The van der Waals surface area contributed by atoms with Crippen LogP contribution in [0.25, 0.3) is 0 Å². The first-order chi connectivity index (χ1) is 8.24. The van der Waals surface area contributed by atoms with E-state index >= 15 is 0 Å². The van der Waals surface area contributed by atoms with E-state index in [1.54, 1.807) is 14.2 Å². The molecule has 2 N–H and O–H groups in total. The molecular weight excluding hydrogens is 218 g/mol. The summed E-state index contributed by atoms with van der Waals surface area (Å²) >= 11 is 0. The zero-order chi connectivity index (χ0) is 12.3. The van der Waals surface area contributed by atoms with Gasteiger partial charge < -0.3 is 19.9 Å². The van der Waals surface area contributed by atoms with Gasteiger partial charge in [0.1, 0.15) is 0 Å². The summed E-state index contributed by atoms with van der Waals surface area (Å²) in [6.45, 7) is 0.847. The van der Waals surface area contributed by atoms with Crippen LogP contribution < -0.4 is 14.8 Å². The molecule has 4 nitrogen and oxygen atoms in total. The van der Waals surface area contributed by atoms with Crippen LogP contribution in [0, 0.1) is 0 Å². The summed E-state index contributed by atoms with van der Waals surface area (Å²) in [5, 5.41) is 13.1. The lowest BCUT2D eigenvalue weighted by molar-refractivity contribution is 0.116. The summed E-state index contributed by atoms with van der Waals surface area (Å²) in [5.41, 5.74) is 1.13. The van der Waals surface area contributed by atoms with E-state index in [1.165, 1.54) is 0 Å². The smallest absolute Gasteiger partial charge is 0.161 e. The number of benzene rings is 1. The zero-order valence-corrected chi connectivity index (χ0v) is 10.3. The molecule has 0 aliphatic carbocycles. The molecule has 0 amide bonds. The number of aliphatic hydroxyl groups excluding tert-OH is 1. The molecular formula is C13H19NO3. The van der Waals surface area contributed by atoms with Gasteiger partial charge in [-0.15, -0.1) is 0 Å². The fraction of sp³-hybridized carbons (Fsp3) is 0.538. The van der Waals surface area contributed by atoms with Gasteiger partial charge in [0.25, 0.3) is 0 Å². The highest BCUT2D eigenvalue weighted by Gasteiger charge is 2.21. The molecule has 0 spiro atoms. The lowest BCUT2D eigenvalue weighted by atomic mass is 9.95. The average Bonchev–Trinajstić information content (AvgIpc) is 2.38. The minimum absolute atomic E-state index is 0.193. The second kappa shape index (κ2) is 5.38. The van der Waals surface area contributed by atoms with Crippen LogP contribution in [0.2, 0.25) is 0 Å². The SMILES string of the molecule is COc1ccc([C@@H]2C[C@@H](O)CCN2)cc1OC. The van der Waals surface area contributed by atoms with Crippen LogP contribution in [0.1, 0.15) is 24.4 Å². The Labute approximate surface area is 102 Å². The molecule has 1 aliphatic heterocycles. The van der Waals surface area contributed by atoms with Crippen molar-refractivity contribution < 1.29 is 14.6 Å². The maximum atomic E-state index is 9.67. The van der Waals surface area contributed by atoms with E-state index in [2.05, 4.69) is 5.32 Å². The topological polar surface area (TPSA) is 50.7 Å². The average molecular weight is 237 g/mol. The van der Waals surface area contributed by atoms with Gasteiger partial charge in [0, 0.05) is 6.04 Å². The molecule has 1 saturated heterocycles. The van der Waals surface area contributed by atoms with Gasteiger partial charge in [-0.1, -0.05) is 6.07 Å². The van der Waals surface area contributed by atoms with Crippen molar-refractivity contribution >= 4 is 0 Å². The highest BCUT2D eigenvalue weighted by atomic mass is 16.5. The fourth-order valence-electron chi connectivity index (χ4n) is 2.22. The van der Waals surface area contributed by atoms with Gasteiger partial charge in [-0.25, -0.2) is 0 Å².